The fourth-order valence-electron chi connectivity index (χ4n) is 3.13. The zero-order valence-electron chi connectivity index (χ0n) is 12.6. The van der Waals surface area contributed by atoms with Crippen LogP contribution in [-0.2, 0) is 4.74 Å². The Hall–Kier alpha value is -0.980. The molecule has 0 radical (unpaired) electrons. The van der Waals surface area contributed by atoms with Crippen molar-refractivity contribution in [3.05, 3.63) is 16.8 Å². The molecule has 3 rings (SSSR count). The number of nitrogens with zero attached hydrogens (tertiary/aromatic N) is 4. The van der Waals surface area contributed by atoms with Crippen LogP contribution < -0.4 is 0 Å². The van der Waals surface area contributed by atoms with E-state index in [0.29, 0.717) is 17.6 Å². The molecule has 120 valence electrons. The normalized spacial score (nSPS) is 32.0. The Balaban J connectivity index is 2.09. The van der Waals surface area contributed by atoms with Crippen LogP contribution >= 0.6 is 23.2 Å². The van der Waals surface area contributed by atoms with E-state index in [1.54, 1.807) is 4.57 Å². The smallest absolute Gasteiger partial charge is 0.225 e. The topological polar surface area (TPSA) is 52.8 Å². The number of aromatic nitrogens is 4. The minimum atomic E-state index is -1.17. The lowest BCUT2D eigenvalue weighted by molar-refractivity contribution is -0.0233. The van der Waals surface area contributed by atoms with Crippen LogP contribution in [0.5, 0.6) is 0 Å². The van der Waals surface area contributed by atoms with E-state index < -0.39 is 17.8 Å². The second kappa shape index (κ2) is 5.58. The van der Waals surface area contributed by atoms with Gasteiger partial charge in [-0.25, -0.2) is 14.4 Å². The number of hydrogen-bond acceptors (Lipinski definition) is 4. The second-order valence-corrected chi connectivity index (χ2v) is 6.49. The van der Waals surface area contributed by atoms with Crippen molar-refractivity contribution < 1.29 is 9.13 Å². The molecule has 0 N–H and O–H groups in total. The molecule has 0 aromatic carbocycles. The van der Waals surface area contributed by atoms with Crippen LogP contribution in [0.1, 0.15) is 39.8 Å². The molecule has 0 aliphatic carbocycles. The van der Waals surface area contributed by atoms with Crippen molar-refractivity contribution in [2.75, 3.05) is 0 Å². The summed E-state index contributed by atoms with van der Waals surface area (Å²) in [7, 11) is 0. The molecule has 0 bridgehead atoms. The molecule has 1 aliphatic heterocycles. The van der Waals surface area contributed by atoms with Crippen molar-refractivity contribution in [2.45, 2.75) is 52.1 Å². The first-order valence-electron chi connectivity index (χ1n) is 7.27. The van der Waals surface area contributed by atoms with Gasteiger partial charge < -0.3 is 4.74 Å². The van der Waals surface area contributed by atoms with E-state index in [1.165, 1.54) is 6.33 Å². The molecule has 5 nitrogen and oxygen atoms in total. The van der Waals surface area contributed by atoms with Gasteiger partial charge in [-0.1, -0.05) is 32.4 Å². The van der Waals surface area contributed by atoms with Gasteiger partial charge in [0.1, 0.15) is 5.52 Å². The quantitative estimate of drug-likeness (QED) is 0.617. The molecule has 4 atom stereocenters. The highest BCUT2D eigenvalue weighted by molar-refractivity contribution is 6.35. The van der Waals surface area contributed by atoms with E-state index in [4.69, 9.17) is 27.9 Å². The largest absolute Gasteiger partial charge is 0.351 e. The summed E-state index contributed by atoms with van der Waals surface area (Å²) in [6.07, 6.45) is 0.779. The first-order valence-corrected chi connectivity index (χ1v) is 8.03. The lowest BCUT2D eigenvalue weighted by atomic mass is 9.78. The van der Waals surface area contributed by atoms with Crippen LogP contribution in [0, 0.1) is 5.41 Å². The van der Waals surface area contributed by atoms with Crippen molar-refractivity contribution in [2.24, 2.45) is 5.41 Å². The highest BCUT2D eigenvalue weighted by Gasteiger charge is 2.53. The number of imidazole rings is 1. The SMILES string of the molecule is CC[C@H]1O[C@@H](n2cnc3c(Cl)nc(Cl)nc32)[C@H](F)C1(C)CC. The third-order valence-corrected chi connectivity index (χ3v) is 5.11. The average Bonchev–Trinajstić information content (AvgIpc) is 3.00. The van der Waals surface area contributed by atoms with E-state index >= 15 is 4.39 Å². The van der Waals surface area contributed by atoms with Crippen molar-refractivity contribution in [3.63, 3.8) is 0 Å². The fraction of sp³-hybridized carbons (Fsp3) is 0.643. The third kappa shape index (κ3) is 2.20. The Morgan fingerprint density at radius 1 is 1.36 bits per heavy atom. The fourth-order valence-corrected chi connectivity index (χ4v) is 3.55. The molecule has 22 heavy (non-hydrogen) atoms. The van der Waals surface area contributed by atoms with Crippen molar-refractivity contribution in [1.82, 2.24) is 19.5 Å². The van der Waals surface area contributed by atoms with Crippen LogP contribution in [-0.4, -0.2) is 31.8 Å². The Labute approximate surface area is 137 Å². The molecular formula is C14H17Cl2FN4O. The maximum atomic E-state index is 15.1. The monoisotopic (exact) mass is 346 g/mol. The summed E-state index contributed by atoms with van der Waals surface area (Å²) in [5, 5.41) is 0.144. The molecule has 3 heterocycles. The number of hydrogen-bond donors (Lipinski definition) is 0. The van der Waals surface area contributed by atoms with Crippen molar-refractivity contribution in [3.8, 4) is 0 Å². The van der Waals surface area contributed by atoms with Crippen LogP contribution in [0.2, 0.25) is 10.4 Å². The van der Waals surface area contributed by atoms with Gasteiger partial charge in [0.2, 0.25) is 5.28 Å². The predicted molar refractivity (Wildman–Crippen MR) is 82.8 cm³/mol. The van der Waals surface area contributed by atoms with E-state index in [9.17, 15) is 0 Å². The lowest BCUT2D eigenvalue weighted by Crippen LogP contribution is -2.34. The number of rotatable bonds is 3. The van der Waals surface area contributed by atoms with Crippen LogP contribution in [0.25, 0.3) is 11.2 Å². The molecule has 1 aliphatic rings. The summed E-state index contributed by atoms with van der Waals surface area (Å²) in [6, 6.07) is 0. The van der Waals surface area contributed by atoms with Gasteiger partial charge in [-0.15, -0.1) is 0 Å². The Morgan fingerprint density at radius 3 is 2.68 bits per heavy atom. The molecule has 1 saturated heterocycles. The number of ether oxygens (including phenoxy) is 1. The van der Waals surface area contributed by atoms with E-state index in [2.05, 4.69) is 15.0 Å². The van der Waals surface area contributed by atoms with Gasteiger partial charge in [0.05, 0.1) is 12.4 Å². The summed E-state index contributed by atoms with van der Waals surface area (Å²) in [5.41, 5.74) is 0.226. The van der Waals surface area contributed by atoms with E-state index in [0.717, 1.165) is 6.42 Å². The average molecular weight is 347 g/mol. The molecule has 0 amide bonds. The van der Waals surface area contributed by atoms with Gasteiger partial charge >= 0.3 is 0 Å². The highest BCUT2D eigenvalue weighted by atomic mass is 35.5. The van der Waals surface area contributed by atoms with Crippen LogP contribution in [0.3, 0.4) is 0 Å². The standard InChI is InChI=1S/C14H17Cl2FN4O/c1-4-7-14(3,5-2)9(17)12(22-7)21-6-18-8-10(15)19-13(16)20-11(8)21/h6-7,9,12H,4-5H2,1-3H3/t7-,9+,12-,14?/m1/s1. The number of alkyl halides is 1. The molecule has 0 spiro atoms. The van der Waals surface area contributed by atoms with Gasteiger partial charge in [0.15, 0.2) is 23.2 Å². The molecule has 2 aromatic rings. The molecule has 1 unspecified atom stereocenters. The summed E-state index contributed by atoms with van der Waals surface area (Å²) in [5.74, 6) is 0. The molecular weight excluding hydrogens is 330 g/mol. The number of fused-ring (bicyclic) bond motifs is 1. The summed E-state index contributed by atoms with van der Waals surface area (Å²) >= 11 is 11.9. The predicted octanol–water partition coefficient (Wildman–Crippen LogP) is 4.19. The number of halogens is 3. The zero-order valence-corrected chi connectivity index (χ0v) is 14.1. The Morgan fingerprint density at radius 2 is 2.09 bits per heavy atom. The van der Waals surface area contributed by atoms with E-state index in [-0.39, 0.29) is 16.5 Å². The molecule has 2 aromatic heterocycles. The summed E-state index contributed by atoms with van der Waals surface area (Å²) in [6.45, 7) is 5.89. The molecule has 1 fully saturated rings. The minimum absolute atomic E-state index is 0.00190. The van der Waals surface area contributed by atoms with E-state index in [1.807, 2.05) is 20.8 Å². The molecule has 8 heteroatoms. The first-order chi connectivity index (χ1) is 10.4. The minimum Gasteiger partial charge on any atom is -0.351 e. The van der Waals surface area contributed by atoms with Gasteiger partial charge in [-0.3, -0.25) is 4.57 Å². The third-order valence-electron chi connectivity index (χ3n) is 4.68. The Bertz CT molecular complexity index is 709. The maximum Gasteiger partial charge on any atom is 0.225 e. The van der Waals surface area contributed by atoms with Crippen LogP contribution in [0.15, 0.2) is 6.33 Å². The summed E-state index contributed by atoms with van der Waals surface area (Å²) in [4.78, 5) is 12.1. The second-order valence-electron chi connectivity index (χ2n) is 5.79. The zero-order chi connectivity index (χ0) is 16.1. The lowest BCUT2D eigenvalue weighted by Gasteiger charge is -2.29. The van der Waals surface area contributed by atoms with Gasteiger partial charge in [-0.05, 0) is 24.4 Å². The molecule has 0 saturated carbocycles. The van der Waals surface area contributed by atoms with Crippen molar-refractivity contribution >= 4 is 34.4 Å². The van der Waals surface area contributed by atoms with Crippen LogP contribution in [0.4, 0.5) is 4.39 Å². The highest BCUT2D eigenvalue weighted by Crippen LogP contribution is 2.49. The summed E-state index contributed by atoms with van der Waals surface area (Å²) < 4.78 is 22.6. The van der Waals surface area contributed by atoms with Crippen molar-refractivity contribution in [1.29, 1.82) is 0 Å². The Kier molecular flexibility index (Phi) is 4.03. The first kappa shape index (κ1) is 15.9. The van der Waals surface area contributed by atoms with Gasteiger partial charge in [0.25, 0.3) is 0 Å². The maximum absolute atomic E-state index is 15.1. The van der Waals surface area contributed by atoms with Gasteiger partial charge in [0, 0.05) is 5.41 Å². The van der Waals surface area contributed by atoms with Gasteiger partial charge in [-0.2, -0.15) is 4.98 Å².